The lowest BCUT2D eigenvalue weighted by molar-refractivity contribution is -0.144. The van der Waals surface area contributed by atoms with Crippen molar-refractivity contribution in [2.45, 2.75) is 31.1 Å². The third-order valence-corrected chi connectivity index (χ3v) is 4.11. The number of carbonyl (C=O) groups excluding carboxylic acids is 1. The summed E-state index contributed by atoms with van der Waals surface area (Å²) >= 11 is 4.41. The number of nitrogens with zero attached hydrogens (tertiary/aromatic N) is 2. The van der Waals surface area contributed by atoms with Gasteiger partial charge in [-0.2, -0.15) is 17.9 Å². The van der Waals surface area contributed by atoms with Crippen LogP contribution in [0.4, 0.5) is 0 Å². The fourth-order valence-electron chi connectivity index (χ4n) is 2.61. The average molecular weight is 348 g/mol. The minimum Gasteiger partial charge on any atom is -0.493 e. The highest BCUT2D eigenvalue weighted by molar-refractivity contribution is 7.83. The zero-order valence-corrected chi connectivity index (χ0v) is 15.0. The maximum atomic E-state index is 12.2. The fourth-order valence-corrected chi connectivity index (χ4v) is 2.78. The Kier molecular flexibility index (Phi) is 5.40. The van der Waals surface area contributed by atoms with Gasteiger partial charge in [0.1, 0.15) is 4.75 Å². The van der Waals surface area contributed by atoms with E-state index in [1.807, 2.05) is 0 Å². The second-order valence-electron chi connectivity index (χ2n) is 5.50. The summed E-state index contributed by atoms with van der Waals surface area (Å²) in [4.78, 5) is 16.6. The summed E-state index contributed by atoms with van der Waals surface area (Å²) in [5.41, 5.74) is 1.99. The third-order valence-electron chi connectivity index (χ3n) is 3.80. The molecule has 1 aromatic carbocycles. The smallest absolute Gasteiger partial charge is 0.331 e. The van der Waals surface area contributed by atoms with Crippen molar-refractivity contribution in [2.75, 3.05) is 20.8 Å². The van der Waals surface area contributed by atoms with Gasteiger partial charge in [0.05, 0.1) is 32.6 Å². The quantitative estimate of drug-likeness (QED) is 0.652. The molecule has 1 heterocycles. The van der Waals surface area contributed by atoms with E-state index in [0.717, 1.165) is 11.1 Å². The van der Waals surface area contributed by atoms with E-state index in [2.05, 4.69) is 23.7 Å². The molecule has 1 aromatic rings. The molecule has 0 fully saturated rings. The van der Waals surface area contributed by atoms with Gasteiger partial charge in [0, 0.05) is 12.0 Å². The molecule has 0 spiro atoms. The summed E-state index contributed by atoms with van der Waals surface area (Å²) in [6, 6.07) is 4.98. The number of aliphatic imine (C=N–C) groups is 1. The fraction of sp³-hybridized carbons (Fsp3) is 0.471. The van der Waals surface area contributed by atoms with Crippen molar-refractivity contribution in [3.05, 3.63) is 23.3 Å². The van der Waals surface area contributed by atoms with E-state index in [-0.39, 0.29) is 6.61 Å². The van der Waals surface area contributed by atoms with Crippen LogP contribution in [-0.4, -0.2) is 43.3 Å². The van der Waals surface area contributed by atoms with Gasteiger partial charge in [-0.25, -0.2) is 4.79 Å². The number of hydrogen-bond acceptors (Lipinski definition) is 7. The van der Waals surface area contributed by atoms with Crippen molar-refractivity contribution >= 4 is 24.3 Å². The Bertz CT molecular complexity index is 722. The van der Waals surface area contributed by atoms with Crippen molar-refractivity contribution < 1.29 is 19.0 Å². The predicted molar refractivity (Wildman–Crippen MR) is 93.2 cm³/mol. The van der Waals surface area contributed by atoms with Crippen molar-refractivity contribution in [3.63, 3.8) is 0 Å². The van der Waals surface area contributed by atoms with Crippen LogP contribution in [0, 0.1) is 11.3 Å². The minimum absolute atomic E-state index is 0.273. The standard InChI is InChI=1S/C17H20N2O4S/c1-5-23-16(20)12-6-10-7-13(21-3)14(22-4)8-11(10)15(19-12)17(2,24)9-18/h7-8,12,24H,5-6H2,1-4H3. The van der Waals surface area contributed by atoms with Crippen LogP contribution >= 0.6 is 12.6 Å². The Labute approximate surface area is 146 Å². The maximum Gasteiger partial charge on any atom is 0.331 e. The highest BCUT2D eigenvalue weighted by atomic mass is 32.1. The van der Waals surface area contributed by atoms with Gasteiger partial charge in [-0.1, -0.05) is 0 Å². The Morgan fingerprint density at radius 1 is 1.42 bits per heavy atom. The second kappa shape index (κ2) is 7.14. The number of methoxy groups -OCH3 is 2. The number of thiol groups is 1. The molecular formula is C17H20N2O4S. The minimum atomic E-state index is -1.15. The second-order valence-corrected chi connectivity index (χ2v) is 6.39. The van der Waals surface area contributed by atoms with Gasteiger partial charge >= 0.3 is 5.97 Å². The molecule has 0 saturated carbocycles. The normalized spacial score (nSPS) is 18.5. The van der Waals surface area contributed by atoms with Gasteiger partial charge < -0.3 is 14.2 Å². The number of esters is 1. The molecule has 7 heteroatoms. The molecule has 1 aliphatic heterocycles. The highest BCUT2D eigenvalue weighted by Crippen LogP contribution is 2.36. The predicted octanol–water partition coefficient (Wildman–Crippen LogP) is 2.19. The lowest BCUT2D eigenvalue weighted by atomic mass is 9.87. The molecule has 0 saturated heterocycles. The molecule has 0 aliphatic carbocycles. The maximum absolute atomic E-state index is 12.2. The molecule has 6 nitrogen and oxygen atoms in total. The largest absolute Gasteiger partial charge is 0.493 e. The number of hydrogen-bond donors (Lipinski definition) is 1. The number of ether oxygens (including phenoxy) is 3. The van der Waals surface area contributed by atoms with Crippen molar-refractivity contribution in [1.82, 2.24) is 0 Å². The first-order chi connectivity index (χ1) is 11.4. The Balaban J connectivity index is 2.61. The molecule has 1 aliphatic rings. The summed E-state index contributed by atoms with van der Waals surface area (Å²) in [7, 11) is 3.08. The van der Waals surface area contributed by atoms with Crippen molar-refractivity contribution in [1.29, 1.82) is 5.26 Å². The number of nitriles is 1. The molecule has 2 atom stereocenters. The summed E-state index contributed by atoms with van der Waals surface area (Å²) in [6.45, 7) is 3.66. The van der Waals surface area contributed by atoms with E-state index in [9.17, 15) is 10.1 Å². The van der Waals surface area contributed by atoms with E-state index >= 15 is 0 Å². The van der Waals surface area contributed by atoms with Crippen LogP contribution in [0.5, 0.6) is 11.5 Å². The number of benzene rings is 1. The van der Waals surface area contributed by atoms with E-state index in [1.165, 1.54) is 7.11 Å². The summed E-state index contributed by atoms with van der Waals surface area (Å²) in [5, 5.41) is 9.45. The van der Waals surface area contributed by atoms with Crippen LogP contribution in [0.2, 0.25) is 0 Å². The van der Waals surface area contributed by atoms with E-state index in [1.54, 1.807) is 33.1 Å². The van der Waals surface area contributed by atoms with Gasteiger partial charge in [-0.3, -0.25) is 4.99 Å². The first-order valence-electron chi connectivity index (χ1n) is 7.51. The van der Waals surface area contributed by atoms with Crippen LogP contribution in [0.1, 0.15) is 25.0 Å². The van der Waals surface area contributed by atoms with Gasteiger partial charge in [0.15, 0.2) is 17.5 Å². The third kappa shape index (κ3) is 3.34. The zero-order valence-electron chi connectivity index (χ0n) is 14.1. The van der Waals surface area contributed by atoms with Crippen LogP contribution in [0.25, 0.3) is 0 Å². The molecule has 2 rings (SSSR count). The molecule has 0 radical (unpaired) electrons. The van der Waals surface area contributed by atoms with Crippen LogP contribution in [-0.2, 0) is 16.0 Å². The SMILES string of the molecule is CCOC(=O)C1Cc2cc(OC)c(OC)cc2C(C(C)(S)C#N)=N1. The molecule has 24 heavy (non-hydrogen) atoms. The monoisotopic (exact) mass is 348 g/mol. The van der Waals surface area contributed by atoms with Crippen LogP contribution < -0.4 is 9.47 Å². The highest BCUT2D eigenvalue weighted by Gasteiger charge is 2.36. The van der Waals surface area contributed by atoms with Gasteiger partial charge in [-0.15, -0.1) is 0 Å². The topological polar surface area (TPSA) is 80.9 Å². The molecule has 2 unspecified atom stereocenters. The molecule has 0 N–H and O–H groups in total. The zero-order chi connectivity index (χ0) is 17.9. The van der Waals surface area contributed by atoms with E-state index in [4.69, 9.17) is 14.2 Å². The molecular weight excluding hydrogens is 328 g/mol. The molecule has 0 bridgehead atoms. The summed E-state index contributed by atoms with van der Waals surface area (Å²) < 4.78 is 14.6. The van der Waals surface area contributed by atoms with Gasteiger partial charge in [0.2, 0.25) is 0 Å². The Hall–Kier alpha value is -2.20. The summed E-state index contributed by atoms with van der Waals surface area (Å²) in [6.07, 6.45) is 0.368. The van der Waals surface area contributed by atoms with Gasteiger partial charge in [0.25, 0.3) is 0 Å². The van der Waals surface area contributed by atoms with E-state index in [0.29, 0.717) is 23.6 Å². The molecule has 128 valence electrons. The Morgan fingerprint density at radius 3 is 2.58 bits per heavy atom. The number of carbonyl (C=O) groups is 1. The summed E-state index contributed by atoms with van der Waals surface area (Å²) in [5.74, 6) is 0.663. The first kappa shape index (κ1) is 18.1. The Morgan fingerprint density at radius 2 is 2.04 bits per heavy atom. The lowest BCUT2D eigenvalue weighted by Gasteiger charge is -2.28. The van der Waals surface area contributed by atoms with Crippen molar-refractivity contribution in [3.8, 4) is 17.6 Å². The lowest BCUT2D eigenvalue weighted by Crippen LogP contribution is -2.37. The number of fused-ring (bicyclic) bond motifs is 1. The van der Waals surface area contributed by atoms with E-state index < -0.39 is 16.8 Å². The molecule has 0 aromatic heterocycles. The number of rotatable bonds is 5. The van der Waals surface area contributed by atoms with Gasteiger partial charge in [-0.05, 0) is 31.5 Å². The van der Waals surface area contributed by atoms with Crippen LogP contribution in [0.3, 0.4) is 0 Å². The average Bonchev–Trinajstić information content (AvgIpc) is 2.59. The molecule has 0 amide bonds. The van der Waals surface area contributed by atoms with Crippen molar-refractivity contribution in [2.24, 2.45) is 4.99 Å². The first-order valence-corrected chi connectivity index (χ1v) is 7.96. The van der Waals surface area contributed by atoms with Crippen LogP contribution in [0.15, 0.2) is 17.1 Å².